The van der Waals surface area contributed by atoms with Crippen LogP contribution >= 0.6 is 0 Å². The molecule has 156 valence electrons. The molecule has 0 aliphatic rings. The van der Waals surface area contributed by atoms with Crippen LogP contribution in [-0.4, -0.2) is 53.6 Å². The number of rotatable bonds is 9. The Morgan fingerprint density at radius 2 is 1.79 bits per heavy atom. The third kappa shape index (κ3) is 5.12. The summed E-state index contributed by atoms with van der Waals surface area (Å²) < 4.78 is 5.11. The maximum absolute atomic E-state index is 13.0. The van der Waals surface area contributed by atoms with Crippen LogP contribution in [0.25, 0.3) is 0 Å². The van der Waals surface area contributed by atoms with Gasteiger partial charge in [-0.15, -0.1) is 0 Å². The van der Waals surface area contributed by atoms with E-state index in [1.165, 1.54) is 6.92 Å². The fraction of sp³-hybridized carbons (Fsp3) is 0.409. The SMILES string of the molecule is CCN(CC(=O)Nc1ccc(OC)cc1)[C@H](C)C(=O)c1[nH]c(C)c(C(C)=O)c1C. The van der Waals surface area contributed by atoms with Crippen molar-refractivity contribution >= 4 is 23.2 Å². The highest BCUT2D eigenvalue weighted by Crippen LogP contribution is 2.21. The van der Waals surface area contributed by atoms with E-state index in [1.807, 2.05) is 6.92 Å². The highest BCUT2D eigenvalue weighted by Gasteiger charge is 2.27. The lowest BCUT2D eigenvalue weighted by atomic mass is 10.0. The molecular formula is C22H29N3O4. The quantitative estimate of drug-likeness (QED) is 0.631. The van der Waals surface area contributed by atoms with Crippen molar-refractivity contribution in [2.24, 2.45) is 0 Å². The Morgan fingerprint density at radius 3 is 2.28 bits per heavy atom. The first-order chi connectivity index (χ1) is 13.7. The second kappa shape index (κ2) is 9.52. The summed E-state index contributed by atoms with van der Waals surface area (Å²) in [6.07, 6.45) is 0. The molecule has 1 atom stereocenters. The molecule has 7 heteroatoms. The number of ether oxygens (including phenoxy) is 1. The van der Waals surface area contributed by atoms with Gasteiger partial charge in [-0.2, -0.15) is 0 Å². The molecule has 0 unspecified atom stereocenters. The van der Waals surface area contributed by atoms with Crippen LogP contribution < -0.4 is 10.1 Å². The molecule has 2 N–H and O–H groups in total. The number of aromatic nitrogens is 1. The molecule has 0 aliphatic heterocycles. The third-order valence-electron chi connectivity index (χ3n) is 5.09. The Kier molecular flexibility index (Phi) is 7.34. The number of benzene rings is 1. The number of hydrogen-bond donors (Lipinski definition) is 2. The van der Waals surface area contributed by atoms with Crippen molar-refractivity contribution < 1.29 is 19.1 Å². The molecule has 0 saturated heterocycles. The van der Waals surface area contributed by atoms with Crippen LogP contribution in [0.2, 0.25) is 0 Å². The van der Waals surface area contributed by atoms with Gasteiger partial charge in [0.2, 0.25) is 5.91 Å². The molecule has 0 aliphatic carbocycles. The summed E-state index contributed by atoms with van der Waals surface area (Å²) in [5, 5.41) is 2.83. The van der Waals surface area contributed by atoms with E-state index in [-0.39, 0.29) is 24.0 Å². The predicted octanol–water partition coefficient (Wildman–Crippen LogP) is 3.37. The number of anilines is 1. The zero-order valence-electron chi connectivity index (χ0n) is 17.9. The number of nitrogens with zero attached hydrogens (tertiary/aromatic N) is 1. The summed E-state index contributed by atoms with van der Waals surface area (Å²) in [6, 6.07) is 6.54. The third-order valence-corrected chi connectivity index (χ3v) is 5.09. The van der Waals surface area contributed by atoms with Crippen LogP contribution in [0.4, 0.5) is 5.69 Å². The molecule has 0 fully saturated rings. The number of Topliss-reactive ketones (excluding diaryl/α,β-unsaturated/α-hetero) is 2. The second-order valence-electron chi connectivity index (χ2n) is 7.06. The van der Waals surface area contributed by atoms with Gasteiger partial charge in [0, 0.05) is 16.9 Å². The summed E-state index contributed by atoms with van der Waals surface area (Å²) >= 11 is 0. The average Bonchev–Trinajstić information content (AvgIpc) is 2.99. The van der Waals surface area contributed by atoms with Crippen molar-refractivity contribution in [2.45, 2.75) is 40.7 Å². The Bertz CT molecular complexity index is 900. The van der Waals surface area contributed by atoms with Gasteiger partial charge in [0.05, 0.1) is 25.4 Å². The molecule has 29 heavy (non-hydrogen) atoms. The molecule has 0 spiro atoms. The number of likely N-dealkylation sites (N-methyl/N-ethyl adjacent to an activating group) is 1. The van der Waals surface area contributed by atoms with E-state index >= 15 is 0 Å². The molecule has 0 saturated carbocycles. The Morgan fingerprint density at radius 1 is 1.17 bits per heavy atom. The molecule has 2 aromatic rings. The van der Waals surface area contributed by atoms with Crippen molar-refractivity contribution in [3.8, 4) is 5.75 Å². The number of aromatic amines is 1. The van der Waals surface area contributed by atoms with Gasteiger partial charge in [0.25, 0.3) is 0 Å². The summed E-state index contributed by atoms with van der Waals surface area (Å²) in [6.45, 7) is 9.32. The van der Waals surface area contributed by atoms with Gasteiger partial charge in [-0.05, 0) is 64.1 Å². The molecule has 0 bridgehead atoms. The van der Waals surface area contributed by atoms with Gasteiger partial charge >= 0.3 is 0 Å². The maximum atomic E-state index is 13.0. The minimum Gasteiger partial charge on any atom is -0.497 e. The summed E-state index contributed by atoms with van der Waals surface area (Å²) in [5.41, 5.74) is 2.99. The number of H-pyrrole nitrogens is 1. The number of carbonyl (C=O) groups is 3. The number of amides is 1. The fourth-order valence-corrected chi connectivity index (χ4v) is 3.48. The standard InChI is InChI=1S/C22H29N3O4/c1-7-25(12-19(27)24-17-8-10-18(29-6)11-9-17)15(4)22(28)21-13(2)20(16(5)26)14(3)23-21/h8-11,15,23H,7,12H2,1-6H3,(H,24,27)/t15-/m1/s1. The Hall–Kier alpha value is -2.93. The van der Waals surface area contributed by atoms with Crippen LogP contribution in [0.1, 0.15) is 52.9 Å². The molecule has 2 rings (SSSR count). The molecule has 1 amide bonds. The fourth-order valence-electron chi connectivity index (χ4n) is 3.48. The van der Waals surface area contributed by atoms with Crippen LogP contribution in [-0.2, 0) is 4.79 Å². The topological polar surface area (TPSA) is 91.5 Å². The van der Waals surface area contributed by atoms with E-state index in [1.54, 1.807) is 57.0 Å². The van der Waals surface area contributed by atoms with Crippen molar-refractivity contribution in [1.29, 1.82) is 0 Å². The number of aryl methyl sites for hydroxylation is 1. The molecule has 1 heterocycles. The average molecular weight is 399 g/mol. The number of hydrogen-bond acceptors (Lipinski definition) is 5. The lowest BCUT2D eigenvalue weighted by Crippen LogP contribution is -2.43. The lowest BCUT2D eigenvalue weighted by Gasteiger charge is -2.26. The number of methoxy groups -OCH3 is 1. The predicted molar refractivity (Wildman–Crippen MR) is 113 cm³/mol. The maximum Gasteiger partial charge on any atom is 0.238 e. The highest BCUT2D eigenvalue weighted by atomic mass is 16.5. The van der Waals surface area contributed by atoms with E-state index in [9.17, 15) is 14.4 Å². The minimum atomic E-state index is -0.516. The van der Waals surface area contributed by atoms with Gasteiger partial charge in [0.15, 0.2) is 11.6 Å². The minimum absolute atomic E-state index is 0.0748. The van der Waals surface area contributed by atoms with Crippen LogP contribution in [0.3, 0.4) is 0 Å². The normalized spacial score (nSPS) is 12.0. The van der Waals surface area contributed by atoms with E-state index < -0.39 is 6.04 Å². The molecule has 7 nitrogen and oxygen atoms in total. The monoisotopic (exact) mass is 399 g/mol. The number of ketones is 2. The summed E-state index contributed by atoms with van der Waals surface area (Å²) in [7, 11) is 1.58. The highest BCUT2D eigenvalue weighted by molar-refractivity contribution is 6.05. The first kappa shape index (κ1) is 22.4. The van der Waals surface area contributed by atoms with Gasteiger partial charge in [-0.3, -0.25) is 19.3 Å². The summed E-state index contributed by atoms with van der Waals surface area (Å²) in [4.78, 5) is 42.2. The largest absolute Gasteiger partial charge is 0.497 e. The van der Waals surface area contributed by atoms with Gasteiger partial charge in [-0.1, -0.05) is 6.92 Å². The van der Waals surface area contributed by atoms with Crippen LogP contribution in [0.5, 0.6) is 5.75 Å². The van der Waals surface area contributed by atoms with Crippen LogP contribution in [0, 0.1) is 13.8 Å². The Balaban J connectivity index is 2.10. The Labute approximate surface area is 171 Å². The van der Waals surface area contributed by atoms with Gasteiger partial charge in [0.1, 0.15) is 5.75 Å². The zero-order valence-corrected chi connectivity index (χ0v) is 17.9. The van der Waals surface area contributed by atoms with Crippen molar-refractivity contribution in [1.82, 2.24) is 9.88 Å². The van der Waals surface area contributed by atoms with Crippen molar-refractivity contribution in [3.05, 3.63) is 46.8 Å². The zero-order chi connectivity index (χ0) is 21.7. The summed E-state index contributed by atoms with van der Waals surface area (Å²) in [5.74, 6) is 0.283. The first-order valence-electron chi connectivity index (χ1n) is 9.61. The molecule has 0 radical (unpaired) electrons. The number of nitrogens with one attached hydrogen (secondary N) is 2. The lowest BCUT2D eigenvalue weighted by molar-refractivity contribution is -0.117. The van der Waals surface area contributed by atoms with Gasteiger partial charge < -0.3 is 15.0 Å². The van der Waals surface area contributed by atoms with Crippen molar-refractivity contribution in [3.63, 3.8) is 0 Å². The van der Waals surface area contributed by atoms with Crippen LogP contribution in [0.15, 0.2) is 24.3 Å². The molecule has 1 aromatic heterocycles. The van der Waals surface area contributed by atoms with E-state index in [0.717, 1.165) is 0 Å². The number of carbonyl (C=O) groups excluding carboxylic acids is 3. The first-order valence-corrected chi connectivity index (χ1v) is 9.61. The van der Waals surface area contributed by atoms with E-state index in [0.29, 0.717) is 40.5 Å². The smallest absolute Gasteiger partial charge is 0.238 e. The molecule has 1 aromatic carbocycles. The van der Waals surface area contributed by atoms with Gasteiger partial charge in [-0.25, -0.2) is 0 Å². The van der Waals surface area contributed by atoms with Crippen molar-refractivity contribution in [2.75, 3.05) is 25.5 Å². The second-order valence-corrected chi connectivity index (χ2v) is 7.06. The molecular weight excluding hydrogens is 370 g/mol. The van der Waals surface area contributed by atoms with E-state index in [4.69, 9.17) is 4.74 Å². The van der Waals surface area contributed by atoms with E-state index in [2.05, 4.69) is 10.3 Å².